The van der Waals surface area contributed by atoms with Crippen molar-refractivity contribution in [1.82, 2.24) is 4.90 Å². The van der Waals surface area contributed by atoms with Crippen LogP contribution in [0.4, 0.5) is 4.79 Å². The maximum atomic E-state index is 12.4. The fraction of sp³-hybridized carbons (Fsp3) is 0.438. The van der Waals surface area contributed by atoms with E-state index < -0.39 is 6.09 Å². The Balaban J connectivity index is 2.06. The van der Waals surface area contributed by atoms with Gasteiger partial charge in [-0.1, -0.05) is 37.3 Å². The number of hydrogen-bond acceptors (Lipinski definition) is 4. The summed E-state index contributed by atoms with van der Waals surface area (Å²) in [6.45, 7) is 1.97. The van der Waals surface area contributed by atoms with E-state index in [2.05, 4.69) is 0 Å². The van der Waals surface area contributed by atoms with E-state index in [1.165, 1.54) is 4.90 Å². The van der Waals surface area contributed by atoms with E-state index in [4.69, 9.17) is 10.00 Å². The molecule has 0 unspecified atom stereocenters. The van der Waals surface area contributed by atoms with E-state index in [-0.39, 0.29) is 24.5 Å². The quantitative estimate of drug-likeness (QED) is 0.834. The van der Waals surface area contributed by atoms with Crippen LogP contribution in [0.1, 0.15) is 25.3 Å². The Kier molecular flexibility index (Phi) is 4.94. The van der Waals surface area contributed by atoms with Crippen molar-refractivity contribution in [3.05, 3.63) is 35.9 Å². The van der Waals surface area contributed by atoms with Crippen molar-refractivity contribution >= 4 is 12.0 Å². The molecule has 1 aliphatic rings. The number of hydrogen-bond donors (Lipinski definition) is 0. The molecular weight excluding hydrogens is 268 g/mol. The molecule has 0 bridgehead atoms. The zero-order valence-electron chi connectivity index (χ0n) is 12.0. The number of benzene rings is 1. The number of cyclic esters (lactones) is 1. The molecule has 0 saturated carbocycles. The van der Waals surface area contributed by atoms with Crippen LogP contribution in [0.15, 0.2) is 30.3 Å². The predicted molar refractivity (Wildman–Crippen MR) is 76.1 cm³/mol. The predicted octanol–water partition coefficient (Wildman–Crippen LogP) is 2.52. The number of nitrogens with zero attached hydrogens (tertiary/aromatic N) is 2. The monoisotopic (exact) mass is 286 g/mol. The van der Waals surface area contributed by atoms with Crippen molar-refractivity contribution < 1.29 is 14.3 Å². The molecule has 1 saturated heterocycles. The average Bonchev–Trinajstić information content (AvgIpc) is 2.85. The molecule has 21 heavy (non-hydrogen) atoms. The highest BCUT2D eigenvalue weighted by Crippen LogP contribution is 2.21. The number of rotatable bonds is 5. The summed E-state index contributed by atoms with van der Waals surface area (Å²) in [5.41, 5.74) is 1.06. The molecule has 1 aliphatic heterocycles. The third-order valence-corrected chi connectivity index (χ3v) is 3.62. The Bertz CT molecular complexity index is 550. The highest BCUT2D eigenvalue weighted by molar-refractivity contribution is 5.94. The number of carbonyl (C=O) groups excluding carboxylic acids is 2. The van der Waals surface area contributed by atoms with Crippen LogP contribution in [-0.2, 0) is 16.0 Å². The lowest BCUT2D eigenvalue weighted by molar-refractivity contribution is -0.133. The van der Waals surface area contributed by atoms with E-state index in [1.54, 1.807) is 6.92 Å². The molecule has 1 fully saturated rings. The molecule has 1 heterocycles. The summed E-state index contributed by atoms with van der Waals surface area (Å²) in [5, 5.41) is 8.59. The Hall–Kier alpha value is -2.35. The molecule has 0 N–H and O–H groups in total. The van der Waals surface area contributed by atoms with Crippen molar-refractivity contribution in [2.75, 3.05) is 6.61 Å². The Labute approximate surface area is 124 Å². The maximum Gasteiger partial charge on any atom is 0.416 e. The number of amides is 2. The molecule has 5 heteroatoms. The van der Waals surface area contributed by atoms with Gasteiger partial charge in [0.25, 0.3) is 0 Å². The second-order valence-electron chi connectivity index (χ2n) is 5.23. The number of carbonyl (C=O) groups is 2. The normalized spacial score (nSPS) is 19.0. The van der Waals surface area contributed by atoms with Gasteiger partial charge in [0.1, 0.15) is 6.61 Å². The molecule has 0 radical (unpaired) electrons. The number of ether oxygens (including phenoxy) is 1. The topological polar surface area (TPSA) is 70.4 Å². The van der Waals surface area contributed by atoms with Crippen LogP contribution in [0.2, 0.25) is 0 Å². The van der Waals surface area contributed by atoms with Crippen molar-refractivity contribution in [1.29, 1.82) is 5.26 Å². The first kappa shape index (κ1) is 15.0. The SMILES string of the molecule is C[C@@H](CCC#N)C(=O)N1C(=O)OC[C@H]1Cc1ccccc1. The van der Waals surface area contributed by atoms with Crippen LogP contribution in [0.3, 0.4) is 0 Å². The van der Waals surface area contributed by atoms with Gasteiger partial charge in [-0.05, 0) is 18.4 Å². The van der Waals surface area contributed by atoms with Gasteiger partial charge in [0.2, 0.25) is 5.91 Å². The lowest BCUT2D eigenvalue weighted by atomic mass is 10.0. The van der Waals surface area contributed by atoms with Gasteiger partial charge in [-0.2, -0.15) is 5.26 Å². The average molecular weight is 286 g/mol. The molecule has 2 rings (SSSR count). The van der Waals surface area contributed by atoms with Crippen LogP contribution < -0.4 is 0 Å². The summed E-state index contributed by atoms with van der Waals surface area (Å²) in [6, 6.07) is 11.5. The van der Waals surface area contributed by atoms with Gasteiger partial charge in [0.15, 0.2) is 0 Å². The van der Waals surface area contributed by atoms with E-state index in [0.717, 1.165) is 5.56 Å². The van der Waals surface area contributed by atoms with Gasteiger partial charge in [-0.25, -0.2) is 9.69 Å². The van der Waals surface area contributed by atoms with Crippen molar-refractivity contribution in [3.63, 3.8) is 0 Å². The second-order valence-corrected chi connectivity index (χ2v) is 5.23. The first-order chi connectivity index (χ1) is 10.1. The van der Waals surface area contributed by atoms with Crippen LogP contribution in [0.25, 0.3) is 0 Å². The largest absolute Gasteiger partial charge is 0.447 e. The fourth-order valence-corrected chi connectivity index (χ4v) is 2.41. The highest BCUT2D eigenvalue weighted by atomic mass is 16.6. The summed E-state index contributed by atoms with van der Waals surface area (Å²) >= 11 is 0. The van der Waals surface area contributed by atoms with E-state index in [0.29, 0.717) is 19.3 Å². The third kappa shape index (κ3) is 3.60. The molecule has 2 amide bonds. The van der Waals surface area contributed by atoms with E-state index in [1.807, 2.05) is 36.4 Å². The lowest BCUT2D eigenvalue weighted by Crippen LogP contribution is -2.43. The number of imide groups is 1. The first-order valence-corrected chi connectivity index (χ1v) is 7.04. The zero-order valence-corrected chi connectivity index (χ0v) is 12.0. The number of nitriles is 1. The van der Waals surface area contributed by atoms with Gasteiger partial charge in [0, 0.05) is 12.3 Å². The zero-order chi connectivity index (χ0) is 15.2. The van der Waals surface area contributed by atoms with Crippen LogP contribution in [0.5, 0.6) is 0 Å². The summed E-state index contributed by atoms with van der Waals surface area (Å²) in [6.07, 6.45) is 0.768. The summed E-state index contributed by atoms with van der Waals surface area (Å²) in [5.74, 6) is -0.609. The van der Waals surface area contributed by atoms with Gasteiger partial charge < -0.3 is 4.74 Å². The summed E-state index contributed by atoms with van der Waals surface area (Å²) < 4.78 is 5.03. The Morgan fingerprint density at radius 2 is 2.19 bits per heavy atom. The summed E-state index contributed by atoms with van der Waals surface area (Å²) in [7, 11) is 0. The molecule has 2 atom stereocenters. The smallest absolute Gasteiger partial charge is 0.416 e. The van der Waals surface area contributed by atoms with Crippen molar-refractivity contribution in [2.24, 2.45) is 5.92 Å². The van der Waals surface area contributed by atoms with Gasteiger partial charge >= 0.3 is 6.09 Å². The van der Waals surface area contributed by atoms with Gasteiger partial charge in [0.05, 0.1) is 12.1 Å². The fourth-order valence-electron chi connectivity index (χ4n) is 2.41. The lowest BCUT2D eigenvalue weighted by Gasteiger charge is -2.22. The minimum absolute atomic E-state index is 0.227. The van der Waals surface area contributed by atoms with Crippen LogP contribution in [0, 0.1) is 17.2 Å². The molecule has 0 aromatic heterocycles. The van der Waals surface area contributed by atoms with Crippen molar-refractivity contribution in [2.45, 2.75) is 32.2 Å². The Morgan fingerprint density at radius 3 is 2.86 bits per heavy atom. The second kappa shape index (κ2) is 6.89. The molecule has 0 aliphatic carbocycles. The minimum atomic E-state index is -0.579. The van der Waals surface area contributed by atoms with Crippen LogP contribution >= 0.6 is 0 Å². The molecular formula is C16H18N2O3. The highest BCUT2D eigenvalue weighted by Gasteiger charge is 2.39. The first-order valence-electron chi connectivity index (χ1n) is 7.04. The molecule has 1 aromatic rings. The Morgan fingerprint density at radius 1 is 1.48 bits per heavy atom. The minimum Gasteiger partial charge on any atom is -0.447 e. The van der Waals surface area contributed by atoms with Crippen molar-refractivity contribution in [3.8, 4) is 6.07 Å². The molecule has 5 nitrogen and oxygen atoms in total. The van der Waals surface area contributed by atoms with E-state index >= 15 is 0 Å². The maximum absolute atomic E-state index is 12.4. The molecule has 110 valence electrons. The van der Waals surface area contributed by atoms with Gasteiger partial charge in [-0.3, -0.25) is 4.79 Å². The van der Waals surface area contributed by atoms with E-state index in [9.17, 15) is 9.59 Å². The summed E-state index contributed by atoms with van der Waals surface area (Å²) in [4.78, 5) is 25.4. The molecule has 0 spiro atoms. The van der Waals surface area contributed by atoms with Gasteiger partial charge in [-0.15, -0.1) is 0 Å². The van der Waals surface area contributed by atoms with Crippen LogP contribution in [-0.4, -0.2) is 29.5 Å². The standard InChI is InChI=1S/C16H18N2O3/c1-12(6-5-9-17)15(19)18-14(11-21-16(18)20)10-13-7-3-2-4-8-13/h2-4,7-8,12,14H,5-6,10-11H2,1H3/t12-,14+/m0/s1. The molecule has 1 aromatic carbocycles. The third-order valence-electron chi connectivity index (χ3n) is 3.62.